The zero-order valence-electron chi connectivity index (χ0n) is 18.3. The summed E-state index contributed by atoms with van der Waals surface area (Å²) in [5.74, 6) is -0.198. The SMILES string of the molecule is CCN(Cc1ccc(C(=O)Nc2cc(C)cc(C)c2)cc1)S(=O)(=O)c1ccc(C)cc1. The summed E-state index contributed by atoms with van der Waals surface area (Å²) in [5.41, 5.74) is 5.28. The largest absolute Gasteiger partial charge is 0.322 e. The van der Waals surface area contributed by atoms with E-state index >= 15 is 0 Å². The Kier molecular flexibility index (Phi) is 6.93. The van der Waals surface area contributed by atoms with Crippen LogP contribution in [0.3, 0.4) is 0 Å². The second-order valence-electron chi connectivity index (χ2n) is 7.77. The first-order valence-electron chi connectivity index (χ1n) is 10.2. The van der Waals surface area contributed by atoms with E-state index in [1.54, 1.807) is 48.5 Å². The Morgan fingerprint density at radius 2 is 1.42 bits per heavy atom. The molecule has 0 radical (unpaired) electrons. The van der Waals surface area contributed by atoms with E-state index in [0.717, 1.165) is 27.9 Å². The molecule has 3 aromatic rings. The molecule has 3 aromatic carbocycles. The number of carbonyl (C=O) groups excluding carboxylic acids is 1. The number of carbonyl (C=O) groups is 1. The third kappa shape index (κ3) is 5.60. The van der Waals surface area contributed by atoms with E-state index in [9.17, 15) is 13.2 Å². The summed E-state index contributed by atoms with van der Waals surface area (Å²) in [6, 6.07) is 19.8. The average Bonchev–Trinajstić information content (AvgIpc) is 2.71. The van der Waals surface area contributed by atoms with Crippen molar-refractivity contribution >= 4 is 21.6 Å². The van der Waals surface area contributed by atoms with Gasteiger partial charge >= 0.3 is 0 Å². The van der Waals surface area contributed by atoms with Crippen LogP contribution in [0.25, 0.3) is 0 Å². The third-order valence-electron chi connectivity index (χ3n) is 5.07. The highest BCUT2D eigenvalue weighted by atomic mass is 32.2. The average molecular weight is 437 g/mol. The normalized spacial score (nSPS) is 11.5. The molecule has 0 aliphatic heterocycles. The van der Waals surface area contributed by atoms with E-state index in [1.807, 2.05) is 39.8 Å². The lowest BCUT2D eigenvalue weighted by molar-refractivity contribution is 0.102. The zero-order valence-corrected chi connectivity index (χ0v) is 19.2. The summed E-state index contributed by atoms with van der Waals surface area (Å²) in [6.45, 7) is 8.31. The van der Waals surface area contributed by atoms with Crippen molar-refractivity contribution in [2.45, 2.75) is 39.1 Å². The van der Waals surface area contributed by atoms with E-state index < -0.39 is 10.0 Å². The minimum Gasteiger partial charge on any atom is -0.322 e. The fourth-order valence-corrected chi connectivity index (χ4v) is 4.88. The van der Waals surface area contributed by atoms with E-state index in [2.05, 4.69) is 11.4 Å². The summed E-state index contributed by atoms with van der Waals surface area (Å²) in [7, 11) is -3.59. The lowest BCUT2D eigenvalue weighted by Gasteiger charge is -2.21. The van der Waals surface area contributed by atoms with Crippen LogP contribution in [0.4, 0.5) is 5.69 Å². The minimum atomic E-state index is -3.59. The second-order valence-corrected chi connectivity index (χ2v) is 9.71. The topological polar surface area (TPSA) is 66.5 Å². The standard InChI is InChI=1S/C25H28N2O3S/c1-5-27(31(29,30)24-12-6-18(2)7-13-24)17-21-8-10-22(11-9-21)25(28)26-23-15-19(3)14-20(4)16-23/h6-16H,5,17H2,1-4H3,(H,26,28). The summed E-state index contributed by atoms with van der Waals surface area (Å²) in [4.78, 5) is 12.9. The van der Waals surface area contributed by atoms with Crippen molar-refractivity contribution in [2.24, 2.45) is 0 Å². The molecule has 0 fully saturated rings. The van der Waals surface area contributed by atoms with Crippen molar-refractivity contribution in [1.82, 2.24) is 4.31 Å². The Balaban J connectivity index is 1.72. The van der Waals surface area contributed by atoms with Gasteiger partial charge in [-0.15, -0.1) is 0 Å². The van der Waals surface area contributed by atoms with Gasteiger partial charge in [-0.2, -0.15) is 4.31 Å². The maximum Gasteiger partial charge on any atom is 0.255 e. The van der Waals surface area contributed by atoms with Crippen molar-refractivity contribution in [1.29, 1.82) is 0 Å². The maximum absolute atomic E-state index is 13.0. The van der Waals surface area contributed by atoms with Crippen LogP contribution in [0.15, 0.2) is 71.6 Å². The molecular weight excluding hydrogens is 408 g/mol. The van der Waals surface area contributed by atoms with Gasteiger partial charge in [-0.3, -0.25) is 4.79 Å². The minimum absolute atomic E-state index is 0.198. The number of hydrogen-bond acceptors (Lipinski definition) is 3. The number of amides is 1. The maximum atomic E-state index is 13.0. The van der Waals surface area contributed by atoms with E-state index in [-0.39, 0.29) is 17.3 Å². The summed E-state index contributed by atoms with van der Waals surface area (Å²) in [6.07, 6.45) is 0. The van der Waals surface area contributed by atoms with Crippen molar-refractivity contribution in [3.8, 4) is 0 Å². The monoisotopic (exact) mass is 436 g/mol. The molecule has 6 heteroatoms. The van der Waals surface area contributed by atoms with Gasteiger partial charge in [0.05, 0.1) is 4.90 Å². The molecule has 0 unspecified atom stereocenters. The highest BCUT2D eigenvalue weighted by molar-refractivity contribution is 7.89. The second kappa shape index (κ2) is 9.45. The number of hydrogen-bond donors (Lipinski definition) is 1. The van der Waals surface area contributed by atoms with E-state index in [4.69, 9.17) is 0 Å². The van der Waals surface area contributed by atoms with Crippen LogP contribution in [0, 0.1) is 20.8 Å². The summed E-state index contributed by atoms with van der Waals surface area (Å²) in [5, 5.41) is 2.92. The molecule has 1 N–H and O–H groups in total. The molecule has 0 saturated heterocycles. The highest BCUT2D eigenvalue weighted by Crippen LogP contribution is 2.20. The lowest BCUT2D eigenvalue weighted by atomic mass is 10.1. The van der Waals surface area contributed by atoms with E-state index in [0.29, 0.717) is 12.1 Å². The predicted molar refractivity (Wildman–Crippen MR) is 125 cm³/mol. The van der Waals surface area contributed by atoms with Gasteiger partial charge in [0.15, 0.2) is 0 Å². The molecule has 162 valence electrons. The molecule has 1 amide bonds. The molecule has 5 nitrogen and oxygen atoms in total. The van der Waals surface area contributed by atoms with Crippen LogP contribution in [-0.2, 0) is 16.6 Å². The van der Waals surface area contributed by atoms with Gasteiger partial charge in [-0.25, -0.2) is 8.42 Å². The smallest absolute Gasteiger partial charge is 0.255 e. The first-order chi connectivity index (χ1) is 14.7. The summed E-state index contributed by atoms with van der Waals surface area (Å²) >= 11 is 0. The molecule has 0 heterocycles. The van der Waals surface area contributed by atoms with Crippen LogP contribution in [0.2, 0.25) is 0 Å². The zero-order chi connectivity index (χ0) is 22.6. The number of benzene rings is 3. The molecule has 0 aromatic heterocycles. The molecular formula is C25H28N2O3S. The van der Waals surface area contributed by atoms with Crippen LogP contribution >= 0.6 is 0 Å². The quantitative estimate of drug-likeness (QED) is 0.562. The van der Waals surface area contributed by atoms with Crippen molar-refractivity contribution in [3.63, 3.8) is 0 Å². The number of nitrogens with zero attached hydrogens (tertiary/aromatic N) is 1. The Morgan fingerprint density at radius 1 is 0.839 bits per heavy atom. The fraction of sp³-hybridized carbons (Fsp3) is 0.240. The molecule has 0 aliphatic carbocycles. The van der Waals surface area contributed by atoms with Gasteiger partial charge in [0.2, 0.25) is 10.0 Å². The van der Waals surface area contributed by atoms with Gasteiger partial charge in [0.25, 0.3) is 5.91 Å². The van der Waals surface area contributed by atoms with Crippen LogP contribution in [-0.4, -0.2) is 25.2 Å². The molecule has 3 rings (SSSR count). The van der Waals surface area contributed by atoms with Crippen LogP contribution in [0.1, 0.15) is 39.5 Å². The number of aryl methyl sites for hydroxylation is 3. The van der Waals surface area contributed by atoms with Crippen LogP contribution in [0.5, 0.6) is 0 Å². The van der Waals surface area contributed by atoms with Gasteiger partial charge in [0.1, 0.15) is 0 Å². The number of rotatable bonds is 7. The molecule has 0 spiro atoms. The van der Waals surface area contributed by atoms with Crippen LogP contribution < -0.4 is 5.32 Å². The Labute approximate surface area is 184 Å². The fourth-order valence-electron chi connectivity index (χ4n) is 3.44. The number of anilines is 1. The van der Waals surface area contributed by atoms with Crippen molar-refractivity contribution < 1.29 is 13.2 Å². The molecule has 31 heavy (non-hydrogen) atoms. The van der Waals surface area contributed by atoms with E-state index in [1.165, 1.54) is 4.31 Å². The summed E-state index contributed by atoms with van der Waals surface area (Å²) < 4.78 is 27.4. The molecule has 0 aliphatic rings. The van der Waals surface area contributed by atoms with Gasteiger partial charge in [-0.1, -0.05) is 42.8 Å². The van der Waals surface area contributed by atoms with Crippen molar-refractivity contribution in [2.75, 3.05) is 11.9 Å². The Bertz CT molecular complexity index is 1150. The predicted octanol–water partition coefficient (Wildman–Crippen LogP) is 5.07. The van der Waals surface area contributed by atoms with Crippen molar-refractivity contribution in [3.05, 3.63) is 94.5 Å². The van der Waals surface area contributed by atoms with Gasteiger partial charge in [0, 0.05) is 24.3 Å². The molecule has 0 atom stereocenters. The molecule has 0 saturated carbocycles. The number of nitrogens with one attached hydrogen (secondary N) is 1. The highest BCUT2D eigenvalue weighted by Gasteiger charge is 2.23. The molecule has 0 bridgehead atoms. The van der Waals surface area contributed by atoms with Gasteiger partial charge < -0.3 is 5.32 Å². The number of sulfonamides is 1. The van der Waals surface area contributed by atoms with Gasteiger partial charge in [-0.05, 0) is 73.9 Å². The lowest BCUT2D eigenvalue weighted by Crippen LogP contribution is -2.30. The first kappa shape index (κ1) is 22.7. The third-order valence-corrected chi connectivity index (χ3v) is 7.00. The Morgan fingerprint density at radius 3 is 1.97 bits per heavy atom. The Hall–Kier alpha value is -2.96. The first-order valence-corrected chi connectivity index (χ1v) is 11.7.